The van der Waals surface area contributed by atoms with E-state index in [0.29, 0.717) is 19.4 Å². The Kier molecular flexibility index (Phi) is 6.57. The Morgan fingerprint density at radius 3 is 2.62 bits per heavy atom. The third-order valence-corrected chi connectivity index (χ3v) is 2.90. The summed E-state index contributed by atoms with van der Waals surface area (Å²) in [5, 5.41) is 22.7. The van der Waals surface area contributed by atoms with Crippen LogP contribution in [0, 0.1) is 10.1 Å². The lowest BCUT2D eigenvalue weighted by Crippen LogP contribution is -2.15. The maximum Gasteiger partial charge on any atom is 0.335 e. The van der Waals surface area contributed by atoms with Crippen molar-refractivity contribution in [3.8, 4) is 0 Å². The molecule has 1 rings (SSSR count). The number of hydrogen-bond donors (Lipinski definition) is 2. The molecule has 0 aliphatic carbocycles. The van der Waals surface area contributed by atoms with Crippen molar-refractivity contribution in [3.63, 3.8) is 0 Å². The van der Waals surface area contributed by atoms with Gasteiger partial charge in [0.2, 0.25) is 0 Å². The number of nitrogens with one attached hydrogen (secondary N) is 1. The highest BCUT2D eigenvalue weighted by Crippen LogP contribution is 2.25. The first-order valence-electron chi connectivity index (χ1n) is 6.30. The zero-order chi connectivity index (χ0) is 15.8. The van der Waals surface area contributed by atoms with E-state index in [1.54, 1.807) is 0 Å². The molecule has 0 saturated carbocycles. The molecular formula is C13H18N2O6. The molecule has 1 aromatic carbocycles. The highest BCUT2D eigenvalue weighted by molar-refractivity contribution is 5.89. The number of aromatic carboxylic acids is 1. The summed E-state index contributed by atoms with van der Waals surface area (Å²) in [7, 11) is 3.08. The molecule has 0 aliphatic rings. The normalized spacial score (nSPS) is 10.6. The second-order valence-corrected chi connectivity index (χ2v) is 4.26. The van der Waals surface area contributed by atoms with E-state index in [9.17, 15) is 14.9 Å². The van der Waals surface area contributed by atoms with Crippen molar-refractivity contribution in [2.24, 2.45) is 0 Å². The van der Waals surface area contributed by atoms with Crippen molar-refractivity contribution in [2.75, 3.05) is 26.1 Å². The number of anilines is 1. The van der Waals surface area contributed by atoms with Gasteiger partial charge in [-0.1, -0.05) is 0 Å². The molecule has 0 fully saturated rings. The zero-order valence-corrected chi connectivity index (χ0v) is 11.9. The van der Waals surface area contributed by atoms with E-state index in [0.717, 1.165) is 6.07 Å². The van der Waals surface area contributed by atoms with Gasteiger partial charge in [0, 0.05) is 26.8 Å². The number of benzene rings is 1. The van der Waals surface area contributed by atoms with Crippen LogP contribution in [0.3, 0.4) is 0 Å². The Bertz CT molecular complexity index is 501. The molecule has 1 aromatic rings. The minimum atomic E-state index is -1.20. The van der Waals surface area contributed by atoms with E-state index in [1.165, 1.54) is 26.4 Å². The third kappa shape index (κ3) is 5.01. The smallest absolute Gasteiger partial charge is 0.335 e. The Labute approximate surface area is 121 Å². The summed E-state index contributed by atoms with van der Waals surface area (Å²) in [5.41, 5.74) is -0.0904. The number of nitro groups is 1. The van der Waals surface area contributed by atoms with E-state index in [1.807, 2.05) is 0 Å². The summed E-state index contributed by atoms with van der Waals surface area (Å²) in [6.07, 6.45) is 1.02. The second kappa shape index (κ2) is 8.18. The van der Waals surface area contributed by atoms with Crippen LogP contribution in [0.2, 0.25) is 0 Å². The summed E-state index contributed by atoms with van der Waals surface area (Å²) < 4.78 is 10.1. The molecule has 0 saturated heterocycles. The van der Waals surface area contributed by atoms with Gasteiger partial charge in [0.25, 0.3) is 5.69 Å². The van der Waals surface area contributed by atoms with Crippen LogP contribution in [0.4, 0.5) is 11.4 Å². The van der Waals surface area contributed by atoms with Crippen molar-refractivity contribution in [1.82, 2.24) is 0 Å². The molecule has 8 nitrogen and oxygen atoms in total. The fourth-order valence-corrected chi connectivity index (χ4v) is 1.79. The Hall–Kier alpha value is -2.19. The van der Waals surface area contributed by atoms with Crippen LogP contribution >= 0.6 is 0 Å². The number of nitrogens with zero attached hydrogens (tertiary/aromatic N) is 1. The number of carbonyl (C=O) groups is 1. The second-order valence-electron chi connectivity index (χ2n) is 4.26. The highest BCUT2D eigenvalue weighted by Gasteiger charge is 2.17. The van der Waals surface area contributed by atoms with Crippen molar-refractivity contribution < 1.29 is 24.3 Å². The predicted octanol–water partition coefficient (Wildman–Crippen LogP) is 2.10. The average molecular weight is 298 g/mol. The summed E-state index contributed by atoms with van der Waals surface area (Å²) in [6, 6.07) is 3.76. The summed E-state index contributed by atoms with van der Waals surface area (Å²) in [5.74, 6) is -1.20. The standard InChI is InChI=1S/C13H18N2O6/c1-20-12(21-2)4-3-7-14-10-6-5-9(13(16)17)8-11(10)15(18)19/h5-6,8,12,14H,3-4,7H2,1-2H3,(H,16,17). The molecule has 21 heavy (non-hydrogen) atoms. The molecule has 0 aliphatic heterocycles. The van der Waals surface area contributed by atoms with Crippen LogP contribution in [-0.2, 0) is 9.47 Å². The van der Waals surface area contributed by atoms with Gasteiger partial charge in [-0.3, -0.25) is 10.1 Å². The molecule has 2 N–H and O–H groups in total. The molecule has 0 radical (unpaired) electrons. The Morgan fingerprint density at radius 1 is 1.43 bits per heavy atom. The van der Waals surface area contributed by atoms with Crippen LogP contribution in [0.15, 0.2) is 18.2 Å². The van der Waals surface area contributed by atoms with Gasteiger partial charge in [0.1, 0.15) is 5.69 Å². The third-order valence-electron chi connectivity index (χ3n) is 2.90. The largest absolute Gasteiger partial charge is 0.478 e. The van der Waals surface area contributed by atoms with E-state index >= 15 is 0 Å². The number of ether oxygens (including phenoxy) is 2. The lowest BCUT2D eigenvalue weighted by atomic mass is 10.1. The maximum atomic E-state index is 11.0. The molecular weight excluding hydrogens is 280 g/mol. The maximum absolute atomic E-state index is 11.0. The molecule has 0 aromatic heterocycles. The molecule has 0 heterocycles. The SMILES string of the molecule is COC(CCCNc1ccc(C(=O)O)cc1[N+](=O)[O-])OC. The lowest BCUT2D eigenvalue weighted by molar-refractivity contribution is -0.384. The van der Waals surface area contributed by atoms with Crippen molar-refractivity contribution >= 4 is 17.3 Å². The molecule has 8 heteroatoms. The minimum absolute atomic E-state index is 0.119. The van der Waals surface area contributed by atoms with Crippen LogP contribution in [0.5, 0.6) is 0 Å². The number of nitro benzene ring substituents is 1. The van der Waals surface area contributed by atoms with Gasteiger partial charge >= 0.3 is 5.97 Å². The highest BCUT2D eigenvalue weighted by atomic mass is 16.7. The molecule has 116 valence electrons. The first kappa shape index (κ1) is 16.9. The Balaban J connectivity index is 2.66. The summed E-state index contributed by atoms with van der Waals surface area (Å²) in [6.45, 7) is 0.483. The van der Waals surface area contributed by atoms with Gasteiger partial charge in [0.05, 0.1) is 10.5 Å². The molecule has 0 atom stereocenters. The fourth-order valence-electron chi connectivity index (χ4n) is 1.79. The van der Waals surface area contributed by atoms with Gasteiger partial charge in [-0.25, -0.2) is 4.79 Å². The first-order valence-corrected chi connectivity index (χ1v) is 6.30. The minimum Gasteiger partial charge on any atom is -0.478 e. The number of carboxylic acids is 1. The van der Waals surface area contributed by atoms with Crippen molar-refractivity contribution in [1.29, 1.82) is 0 Å². The number of rotatable bonds is 9. The van der Waals surface area contributed by atoms with E-state index in [4.69, 9.17) is 14.6 Å². The molecule has 0 bridgehead atoms. The van der Waals surface area contributed by atoms with Gasteiger partial charge < -0.3 is 19.9 Å². The van der Waals surface area contributed by atoms with Gasteiger partial charge in [-0.15, -0.1) is 0 Å². The van der Waals surface area contributed by atoms with Crippen LogP contribution in [0.1, 0.15) is 23.2 Å². The molecule has 0 unspecified atom stereocenters. The predicted molar refractivity (Wildman–Crippen MR) is 75.6 cm³/mol. The summed E-state index contributed by atoms with van der Waals surface area (Å²) in [4.78, 5) is 21.2. The average Bonchev–Trinajstić information content (AvgIpc) is 2.47. The quantitative estimate of drug-likeness (QED) is 0.311. The first-order chi connectivity index (χ1) is 9.99. The molecule has 0 spiro atoms. The fraction of sp³-hybridized carbons (Fsp3) is 0.462. The van der Waals surface area contributed by atoms with Crippen LogP contribution < -0.4 is 5.32 Å². The zero-order valence-electron chi connectivity index (χ0n) is 11.9. The van der Waals surface area contributed by atoms with E-state index in [2.05, 4.69) is 5.32 Å². The monoisotopic (exact) mass is 298 g/mol. The van der Waals surface area contributed by atoms with Crippen LogP contribution in [0.25, 0.3) is 0 Å². The van der Waals surface area contributed by atoms with Gasteiger partial charge in [-0.05, 0) is 25.0 Å². The topological polar surface area (TPSA) is 111 Å². The number of methoxy groups -OCH3 is 2. The van der Waals surface area contributed by atoms with Crippen LogP contribution in [-0.4, -0.2) is 43.1 Å². The number of carboxylic acid groups (broad SMARTS) is 1. The van der Waals surface area contributed by atoms with Gasteiger partial charge in [-0.2, -0.15) is 0 Å². The summed E-state index contributed by atoms with van der Waals surface area (Å²) >= 11 is 0. The molecule has 0 amide bonds. The van der Waals surface area contributed by atoms with Crippen molar-refractivity contribution in [2.45, 2.75) is 19.1 Å². The van der Waals surface area contributed by atoms with Crippen molar-refractivity contribution in [3.05, 3.63) is 33.9 Å². The van der Waals surface area contributed by atoms with E-state index in [-0.39, 0.29) is 23.2 Å². The van der Waals surface area contributed by atoms with E-state index < -0.39 is 10.9 Å². The number of hydrogen-bond acceptors (Lipinski definition) is 6. The van der Waals surface area contributed by atoms with Gasteiger partial charge in [0.15, 0.2) is 6.29 Å². The Morgan fingerprint density at radius 2 is 2.10 bits per heavy atom. The lowest BCUT2D eigenvalue weighted by Gasteiger charge is -2.13.